The van der Waals surface area contributed by atoms with Crippen LogP contribution in [0.2, 0.25) is 10.0 Å². The van der Waals surface area contributed by atoms with Crippen molar-refractivity contribution >= 4 is 45.6 Å². The van der Waals surface area contributed by atoms with Crippen LogP contribution in [0, 0.1) is 0 Å². The third-order valence-electron chi connectivity index (χ3n) is 5.30. The van der Waals surface area contributed by atoms with E-state index in [0.29, 0.717) is 46.1 Å². The minimum absolute atomic E-state index is 0.0531. The third-order valence-corrected chi connectivity index (χ3v) is 6.04. The largest absolute Gasteiger partial charge is 0.493 e. The number of fused-ring (bicyclic) bond motifs is 2. The molecule has 2 aliphatic rings. The number of halogens is 2. The van der Waals surface area contributed by atoms with Crippen molar-refractivity contribution in [3.05, 3.63) is 46.7 Å². The van der Waals surface area contributed by atoms with Crippen LogP contribution in [0.3, 0.4) is 0 Å². The SMILES string of the molecule is COc1cc2c(Nc3ccc(Cl)c(Cl)c3)ncnc2cc1OC1COC2CCOC21. The molecule has 0 spiro atoms. The lowest BCUT2D eigenvalue weighted by molar-refractivity contribution is 0.0298. The average molecular weight is 448 g/mol. The molecule has 2 fully saturated rings. The number of aromatic nitrogens is 2. The van der Waals surface area contributed by atoms with Gasteiger partial charge in [-0.2, -0.15) is 0 Å². The number of nitrogens with one attached hydrogen (secondary N) is 1. The number of methoxy groups -OCH3 is 1. The molecule has 3 heterocycles. The summed E-state index contributed by atoms with van der Waals surface area (Å²) in [5.41, 5.74) is 1.47. The molecule has 1 aromatic heterocycles. The number of benzene rings is 2. The van der Waals surface area contributed by atoms with Gasteiger partial charge in [0.2, 0.25) is 0 Å². The Bertz CT molecular complexity index is 1100. The first kappa shape index (κ1) is 19.6. The third kappa shape index (κ3) is 3.63. The van der Waals surface area contributed by atoms with Crippen molar-refractivity contribution in [3.63, 3.8) is 0 Å². The van der Waals surface area contributed by atoms with Crippen LogP contribution < -0.4 is 14.8 Å². The lowest BCUT2D eigenvalue weighted by atomic mass is 10.1. The normalized spacial score (nSPS) is 22.8. The summed E-state index contributed by atoms with van der Waals surface area (Å²) in [6.07, 6.45) is 2.26. The second-order valence-electron chi connectivity index (χ2n) is 7.15. The van der Waals surface area contributed by atoms with Gasteiger partial charge < -0.3 is 24.3 Å². The van der Waals surface area contributed by atoms with Crippen molar-refractivity contribution in [1.82, 2.24) is 9.97 Å². The van der Waals surface area contributed by atoms with Gasteiger partial charge in [0.25, 0.3) is 0 Å². The fourth-order valence-corrected chi connectivity index (χ4v) is 4.12. The molecule has 3 atom stereocenters. The lowest BCUT2D eigenvalue weighted by Gasteiger charge is -2.20. The summed E-state index contributed by atoms with van der Waals surface area (Å²) in [5, 5.41) is 4.99. The highest BCUT2D eigenvalue weighted by atomic mass is 35.5. The minimum Gasteiger partial charge on any atom is -0.493 e. The van der Waals surface area contributed by atoms with Crippen LogP contribution in [0.5, 0.6) is 11.5 Å². The van der Waals surface area contributed by atoms with Crippen LogP contribution in [-0.4, -0.2) is 48.6 Å². The van der Waals surface area contributed by atoms with Gasteiger partial charge in [-0.25, -0.2) is 9.97 Å². The number of hydrogen-bond acceptors (Lipinski definition) is 7. The summed E-state index contributed by atoms with van der Waals surface area (Å²) < 4.78 is 23.4. The first-order valence-electron chi connectivity index (χ1n) is 9.57. The van der Waals surface area contributed by atoms with E-state index in [1.807, 2.05) is 18.2 Å². The zero-order valence-corrected chi connectivity index (χ0v) is 17.6. The highest BCUT2D eigenvalue weighted by Crippen LogP contribution is 2.38. The zero-order valence-electron chi connectivity index (χ0n) is 16.1. The highest BCUT2D eigenvalue weighted by Gasteiger charge is 2.43. The van der Waals surface area contributed by atoms with E-state index in [1.165, 1.54) is 6.33 Å². The van der Waals surface area contributed by atoms with Crippen molar-refractivity contribution < 1.29 is 18.9 Å². The highest BCUT2D eigenvalue weighted by molar-refractivity contribution is 6.42. The van der Waals surface area contributed by atoms with Crippen molar-refractivity contribution in [3.8, 4) is 11.5 Å². The summed E-state index contributed by atoms with van der Waals surface area (Å²) in [5.74, 6) is 1.79. The maximum atomic E-state index is 6.22. The van der Waals surface area contributed by atoms with E-state index in [2.05, 4.69) is 15.3 Å². The predicted molar refractivity (Wildman–Crippen MR) is 114 cm³/mol. The number of anilines is 2. The van der Waals surface area contributed by atoms with Gasteiger partial charge in [0.1, 0.15) is 18.2 Å². The molecular formula is C21H19Cl2N3O4. The standard InChI is InChI=1S/C21H19Cl2N3O4/c1-27-17-7-12-15(8-18(17)30-19-9-29-16-4-5-28-20(16)19)24-10-25-21(12)26-11-2-3-13(22)14(23)6-11/h2-3,6-8,10,16,19-20H,4-5,9H2,1H3,(H,24,25,26). The van der Waals surface area contributed by atoms with E-state index in [0.717, 1.165) is 17.5 Å². The lowest BCUT2D eigenvalue weighted by Crippen LogP contribution is -2.32. The van der Waals surface area contributed by atoms with E-state index >= 15 is 0 Å². The van der Waals surface area contributed by atoms with Crippen LogP contribution in [0.25, 0.3) is 10.9 Å². The van der Waals surface area contributed by atoms with Gasteiger partial charge in [0.05, 0.1) is 35.4 Å². The molecule has 7 nitrogen and oxygen atoms in total. The summed E-state index contributed by atoms with van der Waals surface area (Å²) in [6, 6.07) is 9.00. The molecule has 0 radical (unpaired) electrons. The molecule has 0 aliphatic carbocycles. The molecule has 1 N–H and O–H groups in total. The van der Waals surface area contributed by atoms with Crippen molar-refractivity contribution in [2.24, 2.45) is 0 Å². The Hall–Kier alpha value is -2.32. The molecule has 30 heavy (non-hydrogen) atoms. The van der Waals surface area contributed by atoms with Gasteiger partial charge in [-0.3, -0.25) is 0 Å². The topological polar surface area (TPSA) is 74.7 Å². The Balaban J connectivity index is 1.47. The zero-order chi connectivity index (χ0) is 20.7. The second-order valence-corrected chi connectivity index (χ2v) is 7.96. The molecule has 0 amide bonds. The van der Waals surface area contributed by atoms with E-state index in [9.17, 15) is 0 Å². The monoisotopic (exact) mass is 447 g/mol. The van der Waals surface area contributed by atoms with Gasteiger partial charge >= 0.3 is 0 Å². The van der Waals surface area contributed by atoms with Crippen LogP contribution in [-0.2, 0) is 9.47 Å². The smallest absolute Gasteiger partial charge is 0.164 e. The molecule has 0 bridgehead atoms. The molecule has 0 saturated carbocycles. The number of ether oxygens (including phenoxy) is 4. The molecule has 5 rings (SSSR count). The summed E-state index contributed by atoms with van der Waals surface area (Å²) in [7, 11) is 1.60. The van der Waals surface area contributed by atoms with Gasteiger partial charge in [-0.1, -0.05) is 23.2 Å². The maximum absolute atomic E-state index is 6.22. The average Bonchev–Trinajstić information content (AvgIpc) is 3.36. The quantitative estimate of drug-likeness (QED) is 0.611. The minimum atomic E-state index is -0.181. The molecular weight excluding hydrogens is 429 g/mol. The second kappa shape index (κ2) is 8.07. The van der Waals surface area contributed by atoms with Gasteiger partial charge in [-0.15, -0.1) is 0 Å². The van der Waals surface area contributed by atoms with Crippen LogP contribution >= 0.6 is 23.2 Å². The Morgan fingerprint density at radius 3 is 2.80 bits per heavy atom. The fourth-order valence-electron chi connectivity index (χ4n) is 3.82. The number of hydrogen-bond donors (Lipinski definition) is 1. The van der Waals surface area contributed by atoms with E-state index in [-0.39, 0.29) is 18.3 Å². The van der Waals surface area contributed by atoms with E-state index in [1.54, 1.807) is 19.2 Å². The number of nitrogens with zero attached hydrogens (tertiary/aromatic N) is 2. The molecule has 2 aromatic carbocycles. The first-order valence-corrected chi connectivity index (χ1v) is 10.3. The summed E-state index contributed by atoms with van der Waals surface area (Å²) >= 11 is 12.1. The maximum Gasteiger partial charge on any atom is 0.164 e. The van der Waals surface area contributed by atoms with Gasteiger partial charge in [0, 0.05) is 23.7 Å². The van der Waals surface area contributed by atoms with E-state index < -0.39 is 0 Å². The molecule has 3 aromatic rings. The van der Waals surface area contributed by atoms with Crippen molar-refractivity contribution in [2.75, 3.05) is 25.6 Å². The Kier molecular flexibility index (Phi) is 5.28. The van der Waals surface area contributed by atoms with Crippen molar-refractivity contribution in [1.29, 1.82) is 0 Å². The summed E-state index contributed by atoms with van der Waals surface area (Å²) in [6.45, 7) is 1.19. The van der Waals surface area contributed by atoms with Gasteiger partial charge in [-0.05, 0) is 30.7 Å². The summed E-state index contributed by atoms with van der Waals surface area (Å²) in [4.78, 5) is 8.77. The first-order chi connectivity index (χ1) is 14.6. The van der Waals surface area contributed by atoms with Gasteiger partial charge in [0.15, 0.2) is 17.6 Å². The predicted octanol–water partition coefficient (Wildman–Crippen LogP) is 4.62. The molecule has 2 saturated heterocycles. The van der Waals surface area contributed by atoms with Crippen LogP contribution in [0.15, 0.2) is 36.7 Å². The molecule has 9 heteroatoms. The van der Waals surface area contributed by atoms with Crippen LogP contribution in [0.4, 0.5) is 11.5 Å². The molecule has 3 unspecified atom stereocenters. The van der Waals surface area contributed by atoms with Crippen molar-refractivity contribution in [2.45, 2.75) is 24.7 Å². The van der Waals surface area contributed by atoms with E-state index in [4.69, 9.17) is 42.1 Å². The number of rotatable bonds is 5. The fraction of sp³-hybridized carbons (Fsp3) is 0.333. The Morgan fingerprint density at radius 1 is 1.07 bits per heavy atom. The molecule has 2 aliphatic heterocycles. The van der Waals surface area contributed by atoms with Crippen LogP contribution in [0.1, 0.15) is 6.42 Å². The Labute approximate surface area is 183 Å². The Morgan fingerprint density at radius 2 is 1.97 bits per heavy atom. The molecule has 156 valence electrons.